The van der Waals surface area contributed by atoms with Gasteiger partial charge in [0, 0.05) is 11.6 Å². The standard InChI is InChI=1S/C11H10BN7O2/c12-18-11-8(10(14)15-4-16-11)9(17-18)5-1-2-6(13)7(3-5)19(20)21/h1-4H,12-13H2,(H2,14,15,16). The first-order valence-corrected chi connectivity index (χ1v) is 5.96. The molecule has 21 heavy (non-hydrogen) atoms. The van der Waals surface area contributed by atoms with E-state index < -0.39 is 4.92 Å². The molecule has 0 saturated heterocycles. The van der Waals surface area contributed by atoms with Gasteiger partial charge in [-0.1, -0.05) is 6.07 Å². The predicted molar refractivity (Wildman–Crippen MR) is 80.2 cm³/mol. The number of nitro groups is 1. The maximum atomic E-state index is 11.0. The van der Waals surface area contributed by atoms with Crippen LogP contribution in [-0.2, 0) is 0 Å². The van der Waals surface area contributed by atoms with Crippen LogP contribution in [0.2, 0.25) is 0 Å². The van der Waals surface area contributed by atoms with Crippen LogP contribution < -0.4 is 11.5 Å². The SMILES string of the molecule is Bn1nc(-c2ccc(N)c([N+](=O)[O-])c2)c2c(N)ncnc21. The van der Waals surface area contributed by atoms with Crippen molar-refractivity contribution in [1.82, 2.24) is 19.7 Å². The zero-order valence-corrected chi connectivity index (χ0v) is 11.0. The Labute approximate surface area is 119 Å². The molecule has 0 atom stereocenters. The van der Waals surface area contributed by atoms with E-state index in [-0.39, 0.29) is 17.2 Å². The number of aromatic nitrogens is 4. The van der Waals surface area contributed by atoms with E-state index in [1.165, 1.54) is 18.5 Å². The van der Waals surface area contributed by atoms with Gasteiger partial charge >= 0.3 is 0 Å². The molecule has 104 valence electrons. The fourth-order valence-electron chi connectivity index (χ4n) is 2.16. The lowest BCUT2D eigenvalue weighted by Gasteiger charge is -2.02. The first-order chi connectivity index (χ1) is 9.99. The van der Waals surface area contributed by atoms with Crippen LogP contribution >= 0.6 is 0 Å². The molecule has 2 aromatic heterocycles. The minimum atomic E-state index is -0.538. The van der Waals surface area contributed by atoms with E-state index in [1.54, 1.807) is 18.6 Å². The minimum absolute atomic E-state index is 0.0909. The molecule has 1 aromatic carbocycles. The third-order valence-corrected chi connectivity index (χ3v) is 3.15. The number of nitrogen functional groups attached to an aromatic ring is 2. The van der Waals surface area contributed by atoms with Gasteiger partial charge in [0.1, 0.15) is 23.5 Å². The third kappa shape index (κ3) is 1.93. The van der Waals surface area contributed by atoms with Crippen molar-refractivity contribution in [2.75, 3.05) is 11.5 Å². The second-order valence-electron chi connectivity index (χ2n) is 4.46. The molecular weight excluding hydrogens is 273 g/mol. The Morgan fingerprint density at radius 1 is 1.29 bits per heavy atom. The Kier molecular flexibility index (Phi) is 2.72. The number of anilines is 2. The summed E-state index contributed by atoms with van der Waals surface area (Å²) in [5, 5.41) is 15.9. The van der Waals surface area contributed by atoms with Crippen molar-refractivity contribution in [3.8, 4) is 11.3 Å². The van der Waals surface area contributed by atoms with Crippen LogP contribution in [0.5, 0.6) is 0 Å². The Hall–Kier alpha value is -3.17. The maximum Gasteiger partial charge on any atom is 0.292 e. The van der Waals surface area contributed by atoms with E-state index >= 15 is 0 Å². The highest BCUT2D eigenvalue weighted by molar-refractivity contribution is 6.13. The average Bonchev–Trinajstić information content (AvgIpc) is 2.78. The smallest absolute Gasteiger partial charge is 0.292 e. The minimum Gasteiger partial charge on any atom is -0.393 e. The van der Waals surface area contributed by atoms with Crippen molar-refractivity contribution in [2.45, 2.75) is 0 Å². The van der Waals surface area contributed by atoms with Crippen LogP contribution in [-0.4, -0.2) is 32.6 Å². The summed E-state index contributed by atoms with van der Waals surface area (Å²) in [7, 11) is 1.71. The maximum absolute atomic E-state index is 11.0. The van der Waals surface area contributed by atoms with Crippen molar-refractivity contribution < 1.29 is 4.92 Å². The number of rotatable bonds is 2. The van der Waals surface area contributed by atoms with Crippen molar-refractivity contribution in [2.24, 2.45) is 0 Å². The fraction of sp³-hybridized carbons (Fsp3) is 0. The molecule has 0 aliphatic rings. The van der Waals surface area contributed by atoms with E-state index in [9.17, 15) is 10.1 Å². The van der Waals surface area contributed by atoms with Crippen molar-refractivity contribution >= 4 is 36.2 Å². The zero-order chi connectivity index (χ0) is 15.1. The Morgan fingerprint density at radius 2 is 2.05 bits per heavy atom. The second-order valence-corrected chi connectivity index (χ2v) is 4.46. The van der Waals surface area contributed by atoms with Crippen LogP contribution in [0.3, 0.4) is 0 Å². The Balaban J connectivity index is 2.31. The molecule has 9 nitrogen and oxygen atoms in total. The molecule has 0 bridgehead atoms. The topological polar surface area (TPSA) is 139 Å². The van der Waals surface area contributed by atoms with Gasteiger partial charge in [0.25, 0.3) is 13.7 Å². The molecule has 0 unspecified atom stereocenters. The number of fused-ring (bicyclic) bond motifs is 1. The van der Waals surface area contributed by atoms with Crippen LogP contribution in [0, 0.1) is 10.1 Å². The molecule has 0 saturated carbocycles. The number of nitro benzene ring substituents is 1. The van der Waals surface area contributed by atoms with Gasteiger partial charge in [0.2, 0.25) is 0 Å². The molecule has 2 heterocycles. The van der Waals surface area contributed by atoms with Gasteiger partial charge in [-0.3, -0.25) is 10.1 Å². The number of hydrogen-bond donors (Lipinski definition) is 2. The number of nitrogens with two attached hydrogens (primary N) is 2. The zero-order valence-electron chi connectivity index (χ0n) is 11.0. The number of benzene rings is 1. The molecule has 0 aliphatic carbocycles. The van der Waals surface area contributed by atoms with E-state index in [1.807, 2.05) is 0 Å². The van der Waals surface area contributed by atoms with Gasteiger partial charge in [-0.05, 0) is 6.07 Å². The Morgan fingerprint density at radius 3 is 2.76 bits per heavy atom. The highest BCUT2D eigenvalue weighted by Crippen LogP contribution is 2.33. The number of hydrogen-bond acceptors (Lipinski definition) is 7. The lowest BCUT2D eigenvalue weighted by Crippen LogP contribution is -1.97. The van der Waals surface area contributed by atoms with Gasteiger partial charge in [0.15, 0.2) is 5.65 Å². The van der Waals surface area contributed by atoms with E-state index in [0.29, 0.717) is 22.3 Å². The molecule has 10 heteroatoms. The molecule has 4 N–H and O–H groups in total. The largest absolute Gasteiger partial charge is 0.393 e. The predicted octanol–water partition coefficient (Wildman–Crippen LogP) is -0.0379. The summed E-state index contributed by atoms with van der Waals surface area (Å²) in [4.78, 5) is 18.5. The molecule has 0 spiro atoms. The normalized spacial score (nSPS) is 10.9. The first kappa shape index (κ1) is 12.8. The van der Waals surface area contributed by atoms with E-state index in [2.05, 4.69) is 15.1 Å². The molecule has 0 fully saturated rings. The van der Waals surface area contributed by atoms with Crippen LogP contribution in [0.25, 0.3) is 22.3 Å². The van der Waals surface area contributed by atoms with Gasteiger partial charge in [-0.15, -0.1) is 0 Å². The highest BCUT2D eigenvalue weighted by Gasteiger charge is 2.18. The lowest BCUT2D eigenvalue weighted by molar-refractivity contribution is -0.383. The van der Waals surface area contributed by atoms with Gasteiger partial charge in [-0.25, -0.2) is 9.97 Å². The van der Waals surface area contributed by atoms with Crippen LogP contribution in [0.4, 0.5) is 17.2 Å². The summed E-state index contributed by atoms with van der Waals surface area (Å²) in [6, 6.07) is 4.48. The van der Waals surface area contributed by atoms with Gasteiger partial charge in [-0.2, -0.15) is 5.10 Å². The van der Waals surface area contributed by atoms with Gasteiger partial charge in [0.05, 0.1) is 10.3 Å². The van der Waals surface area contributed by atoms with E-state index in [4.69, 9.17) is 11.5 Å². The molecule has 0 amide bonds. The lowest BCUT2D eigenvalue weighted by atomic mass is 10.1. The van der Waals surface area contributed by atoms with Gasteiger partial charge < -0.3 is 16.1 Å². The monoisotopic (exact) mass is 283 g/mol. The molecule has 0 radical (unpaired) electrons. The molecule has 3 rings (SSSR count). The van der Waals surface area contributed by atoms with Crippen molar-refractivity contribution in [1.29, 1.82) is 0 Å². The molecular formula is C11H10BN7O2. The summed E-state index contributed by atoms with van der Waals surface area (Å²) in [6.45, 7) is 0. The summed E-state index contributed by atoms with van der Waals surface area (Å²) in [5.74, 6) is 0.266. The summed E-state index contributed by atoms with van der Waals surface area (Å²) >= 11 is 0. The summed E-state index contributed by atoms with van der Waals surface area (Å²) in [6.07, 6.45) is 1.34. The quantitative estimate of drug-likeness (QED) is 0.291. The van der Waals surface area contributed by atoms with E-state index in [0.717, 1.165) is 0 Å². The van der Waals surface area contributed by atoms with Crippen LogP contribution in [0.15, 0.2) is 24.5 Å². The summed E-state index contributed by atoms with van der Waals surface area (Å²) < 4.78 is 1.55. The fourth-order valence-corrected chi connectivity index (χ4v) is 2.16. The first-order valence-electron chi connectivity index (χ1n) is 5.96. The van der Waals surface area contributed by atoms with Crippen molar-refractivity contribution in [3.63, 3.8) is 0 Å². The van der Waals surface area contributed by atoms with Crippen LogP contribution in [0.1, 0.15) is 0 Å². The second kappa shape index (κ2) is 4.44. The highest BCUT2D eigenvalue weighted by atomic mass is 16.6. The third-order valence-electron chi connectivity index (χ3n) is 3.15. The Bertz CT molecular complexity index is 876. The molecule has 3 aromatic rings. The molecule has 0 aliphatic heterocycles. The summed E-state index contributed by atoms with van der Waals surface area (Å²) in [5.41, 5.74) is 12.9. The van der Waals surface area contributed by atoms with Crippen molar-refractivity contribution in [3.05, 3.63) is 34.6 Å². The number of nitrogens with zero attached hydrogens (tertiary/aromatic N) is 5. The average molecular weight is 283 g/mol.